The first-order valence-corrected chi connectivity index (χ1v) is 9.26. The van der Waals surface area contributed by atoms with Crippen molar-refractivity contribution in [2.75, 3.05) is 25.0 Å². The Labute approximate surface area is 162 Å². The molecular formula is C20H24F3N5. The summed E-state index contributed by atoms with van der Waals surface area (Å²) in [6.07, 6.45) is -0.166. The van der Waals surface area contributed by atoms with E-state index in [0.29, 0.717) is 18.1 Å². The Morgan fingerprint density at radius 2 is 1.75 bits per heavy atom. The SMILES string of the molecule is CN=C(NCc1cccc(C(F)(F)F)c1)NCc1ccnc(N2CCCC2)c1. The molecule has 0 aliphatic carbocycles. The van der Waals surface area contributed by atoms with Gasteiger partial charge in [0.05, 0.1) is 5.56 Å². The molecule has 2 heterocycles. The maximum atomic E-state index is 12.8. The van der Waals surface area contributed by atoms with E-state index in [4.69, 9.17) is 0 Å². The van der Waals surface area contributed by atoms with Gasteiger partial charge in [0.1, 0.15) is 5.82 Å². The first-order chi connectivity index (χ1) is 13.5. The number of aliphatic imine (C=N–C) groups is 1. The number of hydrogen-bond donors (Lipinski definition) is 2. The monoisotopic (exact) mass is 391 g/mol. The zero-order valence-electron chi connectivity index (χ0n) is 15.8. The number of nitrogens with one attached hydrogen (secondary N) is 2. The molecule has 28 heavy (non-hydrogen) atoms. The van der Waals surface area contributed by atoms with Crippen LogP contribution in [-0.4, -0.2) is 31.1 Å². The number of alkyl halides is 3. The third-order valence-corrected chi connectivity index (χ3v) is 4.64. The number of rotatable bonds is 5. The van der Waals surface area contributed by atoms with E-state index >= 15 is 0 Å². The topological polar surface area (TPSA) is 52.6 Å². The number of anilines is 1. The molecule has 0 atom stereocenters. The van der Waals surface area contributed by atoms with E-state index in [-0.39, 0.29) is 6.54 Å². The van der Waals surface area contributed by atoms with Gasteiger partial charge >= 0.3 is 6.18 Å². The Morgan fingerprint density at radius 1 is 1.07 bits per heavy atom. The Hall–Kier alpha value is -2.77. The molecule has 2 N–H and O–H groups in total. The zero-order valence-corrected chi connectivity index (χ0v) is 15.8. The summed E-state index contributed by atoms with van der Waals surface area (Å²) in [5, 5.41) is 6.24. The van der Waals surface area contributed by atoms with Crippen LogP contribution >= 0.6 is 0 Å². The van der Waals surface area contributed by atoms with E-state index in [2.05, 4.69) is 31.6 Å². The average molecular weight is 391 g/mol. The molecule has 150 valence electrons. The molecule has 1 aliphatic rings. The molecule has 8 heteroatoms. The summed E-state index contributed by atoms with van der Waals surface area (Å²) in [7, 11) is 1.63. The molecule has 5 nitrogen and oxygen atoms in total. The van der Waals surface area contributed by atoms with E-state index < -0.39 is 11.7 Å². The lowest BCUT2D eigenvalue weighted by Gasteiger charge is -2.17. The van der Waals surface area contributed by atoms with Gasteiger partial charge in [-0.15, -0.1) is 0 Å². The molecule has 1 saturated heterocycles. The van der Waals surface area contributed by atoms with Gasteiger partial charge in [0.2, 0.25) is 0 Å². The molecule has 3 rings (SSSR count). The van der Waals surface area contributed by atoms with Gasteiger partial charge < -0.3 is 15.5 Å². The molecule has 1 aromatic heterocycles. The second-order valence-electron chi connectivity index (χ2n) is 6.69. The van der Waals surface area contributed by atoms with Crippen molar-refractivity contribution in [1.82, 2.24) is 15.6 Å². The molecule has 1 aromatic carbocycles. The third kappa shape index (κ3) is 5.37. The standard InChI is InChI=1S/C20H24F3N5/c1-24-19(26-13-15-5-4-6-17(11-15)20(21,22)23)27-14-16-7-8-25-18(12-16)28-9-2-3-10-28/h4-8,11-12H,2-3,9-10,13-14H2,1H3,(H2,24,26,27). The van der Waals surface area contributed by atoms with E-state index in [0.717, 1.165) is 36.6 Å². The largest absolute Gasteiger partial charge is 0.416 e. The van der Waals surface area contributed by atoms with E-state index in [1.807, 2.05) is 6.07 Å². The van der Waals surface area contributed by atoms with Crippen LogP contribution in [0, 0.1) is 0 Å². The number of aromatic nitrogens is 1. The van der Waals surface area contributed by atoms with Crippen molar-refractivity contribution in [3.63, 3.8) is 0 Å². The van der Waals surface area contributed by atoms with Crippen molar-refractivity contribution in [3.05, 3.63) is 59.3 Å². The number of halogens is 3. The van der Waals surface area contributed by atoms with Crippen LogP contribution in [0.2, 0.25) is 0 Å². The second kappa shape index (κ2) is 8.95. The van der Waals surface area contributed by atoms with E-state index in [1.165, 1.54) is 18.9 Å². The number of nitrogens with zero attached hydrogens (tertiary/aromatic N) is 3. The zero-order chi connectivity index (χ0) is 20.0. The molecule has 0 radical (unpaired) electrons. The van der Waals surface area contributed by atoms with Crippen LogP contribution in [0.15, 0.2) is 47.6 Å². The van der Waals surface area contributed by atoms with Gasteiger partial charge in [-0.3, -0.25) is 4.99 Å². The number of hydrogen-bond acceptors (Lipinski definition) is 3. The first-order valence-electron chi connectivity index (χ1n) is 9.26. The lowest BCUT2D eigenvalue weighted by Crippen LogP contribution is -2.36. The van der Waals surface area contributed by atoms with Gasteiger partial charge in [-0.2, -0.15) is 13.2 Å². The van der Waals surface area contributed by atoms with E-state index in [1.54, 1.807) is 19.3 Å². The third-order valence-electron chi connectivity index (χ3n) is 4.64. The van der Waals surface area contributed by atoms with Crippen molar-refractivity contribution < 1.29 is 13.2 Å². The average Bonchev–Trinajstić information content (AvgIpc) is 3.23. The number of benzene rings is 1. The summed E-state index contributed by atoms with van der Waals surface area (Å²) in [6, 6.07) is 9.27. The molecule has 1 aliphatic heterocycles. The summed E-state index contributed by atoms with van der Waals surface area (Å²) in [4.78, 5) is 10.8. The van der Waals surface area contributed by atoms with Crippen LogP contribution in [0.5, 0.6) is 0 Å². The summed E-state index contributed by atoms with van der Waals surface area (Å²) >= 11 is 0. The predicted molar refractivity (Wildman–Crippen MR) is 104 cm³/mol. The first kappa shape index (κ1) is 20.0. The van der Waals surface area contributed by atoms with Crippen molar-refractivity contribution in [1.29, 1.82) is 0 Å². The van der Waals surface area contributed by atoms with Crippen LogP contribution in [0.25, 0.3) is 0 Å². The molecule has 0 spiro atoms. The second-order valence-corrected chi connectivity index (χ2v) is 6.69. The molecule has 0 saturated carbocycles. The normalized spacial score (nSPS) is 15.0. The summed E-state index contributed by atoms with van der Waals surface area (Å²) in [6.45, 7) is 2.86. The number of guanidine groups is 1. The molecule has 2 aromatic rings. The quantitative estimate of drug-likeness (QED) is 0.605. The highest BCUT2D eigenvalue weighted by atomic mass is 19.4. The summed E-state index contributed by atoms with van der Waals surface area (Å²) in [5.41, 5.74) is 0.956. The Balaban J connectivity index is 1.55. The fraction of sp³-hybridized carbons (Fsp3) is 0.400. The van der Waals surface area contributed by atoms with Gasteiger partial charge in [0, 0.05) is 39.4 Å². The number of pyridine rings is 1. The van der Waals surface area contributed by atoms with Crippen molar-refractivity contribution in [3.8, 4) is 0 Å². The maximum absolute atomic E-state index is 12.8. The van der Waals surface area contributed by atoms with Crippen LogP contribution in [-0.2, 0) is 19.3 Å². The van der Waals surface area contributed by atoms with Gasteiger partial charge in [-0.05, 0) is 48.2 Å². The van der Waals surface area contributed by atoms with Crippen LogP contribution in [0.1, 0.15) is 29.5 Å². The minimum atomic E-state index is -4.34. The summed E-state index contributed by atoms with van der Waals surface area (Å²) < 4.78 is 38.5. The highest BCUT2D eigenvalue weighted by Crippen LogP contribution is 2.29. The van der Waals surface area contributed by atoms with Crippen LogP contribution in [0.4, 0.5) is 19.0 Å². The van der Waals surface area contributed by atoms with Gasteiger partial charge in [-0.25, -0.2) is 4.98 Å². The minimum absolute atomic E-state index is 0.249. The van der Waals surface area contributed by atoms with Gasteiger partial charge in [0.15, 0.2) is 5.96 Å². The van der Waals surface area contributed by atoms with E-state index in [9.17, 15) is 13.2 Å². The molecule has 0 unspecified atom stereocenters. The fourth-order valence-electron chi connectivity index (χ4n) is 3.14. The smallest absolute Gasteiger partial charge is 0.357 e. The predicted octanol–water partition coefficient (Wildman–Crippen LogP) is 3.57. The molecule has 0 bridgehead atoms. The minimum Gasteiger partial charge on any atom is -0.357 e. The van der Waals surface area contributed by atoms with Crippen molar-refractivity contribution in [2.45, 2.75) is 32.1 Å². The van der Waals surface area contributed by atoms with Crippen molar-refractivity contribution in [2.24, 2.45) is 4.99 Å². The van der Waals surface area contributed by atoms with Gasteiger partial charge in [-0.1, -0.05) is 12.1 Å². The molecule has 0 amide bonds. The molecular weight excluding hydrogens is 367 g/mol. The fourth-order valence-corrected chi connectivity index (χ4v) is 3.14. The highest BCUT2D eigenvalue weighted by molar-refractivity contribution is 5.79. The van der Waals surface area contributed by atoms with Crippen LogP contribution in [0.3, 0.4) is 0 Å². The highest BCUT2D eigenvalue weighted by Gasteiger charge is 2.30. The van der Waals surface area contributed by atoms with Crippen molar-refractivity contribution >= 4 is 11.8 Å². The Bertz CT molecular complexity index is 813. The lowest BCUT2D eigenvalue weighted by atomic mass is 10.1. The van der Waals surface area contributed by atoms with Crippen LogP contribution < -0.4 is 15.5 Å². The van der Waals surface area contributed by atoms with Gasteiger partial charge in [0.25, 0.3) is 0 Å². The lowest BCUT2D eigenvalue weighted by molar-refractivity contribution is -0.137. The summed E-state index contributed by atoms with van der Waals surface area (Å²) in [5.74, 6) is 1.50. The maximum Gasteiger partial charge on any atom is 0.416 e. The Kier molecular flexibility index (Phi) is 6.38. The molecule has 1 fully saturated rings. The Morgan fingerprint density at radius 3 is 2.39 bits per heavy atom.